The van der Waals surface area contributed by atoms with Crippen molar-refractivity contribution in [1.82, 2.24) is 15.5 Å². The van der Waals surface area contributed by atoms with Crippen molar-refractivity contribution in [1.29, 1.82) is 0 Å². The number of rotatable bonds is 9. The molecule has 1 fully saturated rings. The number of fused-ring (bicyclic) bond motifs is 1. The van der Waals surface area contributed by atoms with Gasteiger partial charge in [0.1, 0.15) is 18.0 Å². The zero-order chi connectivity index (χ0) is 23.5. The Morgan fingerprint density at radius 1 is 1.33 bits per heavy atom. The number of carboxylic acid groups (broad SMARTS) is 1. The molecule has 1 aromatic rings. The molecule has 13 heteroatoms. The predicted octanol–water partition coefficient (Wildman–Crippen LogP) is -4.58. The molecule has 11 nitrogen and oxygen atoms in total. The van der Waals surface area contributed by atoms with Crippen molar-refractivity contribution < 1.29 is 68.1 Å². The Morgan fingerprint density at radius 3 is 2.55 bits per heavy atom. The van der Waals surface area contributed by atoms with Crippen LogP contribution in [0, 0.1) is 0 Å². The van der Waals surface area contributed by atoms with Gasteiger partial charge in [0.15, 0.2) is 0 Å². The maximum Gasteiger partial charge on any atom is 1.00 e. The fraction of sp³-hybridized carbons (Fsp3) is 0.350. The first kappa shape index (κ1) is 26.9. The smallest absolute Gasteiger partial charge is 0.543 e. The number of nitrogens with one attached hydrogen (secondary N) is 2. The number of ether oxygens (including phenoxy) is 2. The number of esters is 1. The van der Waals surface area contributed by atoms with Gasteiger partial charge in [0, 0.05) is 25.4 Å². The SMILES string of the molecule is CO[C@@]1(NC(=O)C(NC=O)c2ccccc2)C(=O)N2C(C(=O)[O-])=C(COC(C)=O)CSC21.[Na+]. The normalized spacial score (nSPS) is 22.2. The van der Waals surface area contributed by atoms with Gasteiger partial charge < -0.3 is 30.0 Å². The van der Waals surface area contributed by atoms with Crippen LogP contribution in [-0.4, -0.2) is 65.6 Å². The number of carbonyl (C=O) groups excluding carboxylic acids is 5. The summed E-state index contributed by atoms with van der Waals surface area (Å²) < 4.78 is 10.2. The van der Waals surface area contributed by atoms with E-state index in [-0.39, 0.29) is 47.5 Å². The summed E-state index contributed by atoms with van der Waals surface area (Å²) in [5, 5.41) is 15.8. The number of β-lactam (4-membered cyclic amide) rings is 1. The summed E-state index contributed by atoms with van der Waals surface area (Å²) >= 11 is 1.13. The molecule has 3 rings (SSSR count). The van der Waals surface area contributed by atoms with Crippen molar-refractivity contribution in [2.24, 2.45) is 0 Å². The molecule has 3 atom stereocenters. The number of carbonyl (C=O) groups is 5. The first-order valence-corrected chi connectivity index (χ1v) is 10.5. The third-order valence-corrected chi connectivity index (χ3v) is 6.39. The van der Waals surface area contributed by atoms with Gasteiger partial charge in [-0.15, -0.1) is 11.8 Å². The maximum absolute atomic E-state index is 13.0. The molecule has 2 unspecified atom stereocenters. The fourth-order valence-corrected chi connectivity index (χ4v) is 4.94. The number of amides is 3. The summed E-state index contributed by atoms with van der Waals surface area (Å²) in [6.07, 6.45) is 0.360. The minimum atomic E-state index is -1.85. The molecule has 2 aliphatic heterocycles. The second-order valence-electron chi connectivity index (χ2n) is 6.92. The van der Waals surface area contributed by atoms with Gasteiger partial charge in [-0.2, -0.15) is 0 Å². The Kier molecular flexibility index (Phi) is 9.09. The molecule has 2 aliphatic rings. The summed E-state index contributed by atoms with van der Waals surface area (Å²) in [4.78, 5) is 60.9. The number of hydrogen-bond acceptors (Lipinski definition) is 9. The molecule has 33 heavy (non-hydrogen) atoms. The number of thioether (sulfide) groups is 1. The number of nitrogens with zero attached hydrogens (tertiary/aromatic N) is 1. The van der Waals surface area contributed by atoms with E-state index in [1.54, 1.807) is 30.3 Å². The third-order valence-electron chi connectivity index (χ3n) is 5.01. The molecule has 0 saturated carbocycles. The van der Waals surface area contributed by atoms with Gasteiger partial charge in [-0.3, -0.25) is 24.1 Å². The van der Waals surface area contributed by atoms with Crippen LogP contribution in [0.2, 0.25) is 0 Å². The number of aliphatic carboxylic acids is 1. The Labute approximate surface area is 215 Å². The average Bonchev–Trinajstić information content (AvgIpc) is 2.78. The van der Waals surface area contributed by atoms with Gasteiger partial charge in [-0.25, -0.2) is 0 Å². The predicted molar refractivity (Wildman–Crippen MR) is 108 cm³/mol. The molecule has 2 N–H and O–H groups in total. The second-order valence-corrected chi connectivity index (χ2v) is 7.98. The van der Waals surface area contributed by atoms with Gasteiger partial charge in [-0.05, 0) is 5.56 Å². The van der Waals surface area contributed by atoms with Crippen molar-refractivity contribution in [3.05, 3.63) is 47.2 Å². The number of benzene rings is 1. The van der Waals surface area contributed by atoms with Crippen LogP contribution >= 0.6 is 11.8 Å². The van der Waals surface area contributed by atoms with E-state index >= 15 is 0 Å². The van der Waals surface area contributed by atoms with Gasteiger partial charge >= 0.3 is 35.5 Å². The van der Waals surface area contributed by atoms with Crippen LogP contribution in [0.4, 0.5) is 0 Å². The Balaban J connectivity index is 0.00000385. The molecule has 170 valence electrons. The van der Waals surface area contributed by atoms with Gasteiger partial charge in [-0.1, -0.05) is 30.3 Å². The molecule has 0 aliphatic carbocycles. The molecular formula is C20H20N3NaO8S. The van der Waals surface area contributed by atoms with Crippen LogP contribution < -0.4 is 45.3 Å². The van der Waals surface area contributed by atoms with Gasteiger partial charge in [0.2, 0.25) is 12.3 Å². The molecule has 0 bridgehead atoms. The summed E-state index contributed by atoms with van der Waals surface area (Å²) in [7, 11) is 1.21. The van der Waals surface area contributed by atoms with E-state index in [2.05, 4.69) is 10.6 Å². The monoisotopic (exact) mass is 485 g/mol. The Hall–Kier alpha value is -2.38. The molecule has 0 radical (unpaired) electrons. The topological polar surface area (TPSA) is 154 Å². The van der Waals surface area contributed by atoms with E-state index in [1.165, 1.54) is 14.0 Å². The van der Waals surface area contributed by atoms with Crippen LogP contribution in [-0.2, 0) is 33.4 Å². The minimum absolute atomic E-state index is 0. The third kappa shape index (κ3) is 5.09. The molecule has 2 heterocycles. The Bertz CT molecular complexity index is 989. The summed E-state index contributed by atoms with van der Waals surface area (Å²) in [6.45, 7) is 0.864. The Morgan fingerprint density at radius 2 is 2.00 bits per heavy atom. The van der Waals surface area contributed by atoms with E-state index < -0.39 is 46.6 Å². The second kappa shape index (κ2) is 11.2. The first-order valence-electron chi connectivity index (χ1n) is 9.40. The molecule has 1 aromatic carbocycles. The minimum Gasteiger partial charge on any atom is -0.543 e. The van der Waals surface area contributed by atoms with E-state index in [1.807, 2.05) is 0 Å². The van der Waals surface area contributed by atoms with Crippen LogP contribution in [0.1, 0.15) is 18.5 Å². The number of methoxy groups -OCH3 is 1. The molecule has 0 aromatic heterocycles. The van der Waals surface area contributed by atoms with Crippen molar-refractivity contribution in [2.75, 3.05) is 19.5 Å². The standard InChI is InChI=1S/C20H21N3O8S.Na/c1-11(25)31-8-13-9-32-19-20(30-2,18(29)23(19)15(13)17(27)28)22-16(26)14(21-10-24)12-6-4-3-5-7-12;/h3-7,10,14,19H,8-9H2,1-2H3,(H,21,24)(H,22,26)(H,27,28);/q;+1/p-1/t14?,19?,20-;/m0./s1. The molecule has 0 spiro atoms. The zero-order valence-corrected chi connectivity index (χ0v) is 21.0. The van der Waals surface area contributed by atoms with Crippen molar-refractivity contribution >= 4 is 41.9 Å². The number of carboxylic acids is 1. The van der Waals surface area contributed by atoms with E-state index in [0.29, 0.717) is 12.0 Å². The molecule has 3 amide bonds. The number of hydrogen-bond donors (Lipinski definition) is 2. The van der Waals surface area contributed by atoms with E-state index in [0.717, 1.165) is 16.7 Å². The maximum atomic E-state index is 13.0. The summed E-state index contributed by atoms with van der Waals surface area (Å²) in [6, 6.07) is 7.26. The van der Waals surface area contributed by atoms with Crippen LogP contribution in [0.5, 0.6) is 0 Å². The molecule has 1 saturated heterocycles. The van der Waals surface area contributed by atoms with Crippen molar-refractivity contribution in [3.8, 4) is 0 Å². The quantitative estimate of drug-likeness (QED) is 0.116. The van der Waals surface area contributed by atoms with Gasteiger partial charge in [0.05, 0.1) is 11.7 Å². The van der Waals surface area contributed by atoms with Gasteiger partial charge in [0.25, 0.3) is 11.6 Å². The summed E-state index contributed by atoms with van der Waals surface area (Å²) in [5.74, 6) is -3.68. The summed E-state index contributed by atoms with van der Waals surface area (Å²) in [5.41, 5.74) is -1.61. The van der Waals surface area contributed by atoms with Crippen LogP contribution in [0.25, 0.3) is 0 Å². The van der Waals surface area contributed by atoms with Crippen molar-refractivity contribution in [2.45, 2.75) is 24.1 Å². The fourth-order valence-electron chi connectivity index (χ4n) is 3.52. The first-order chi connectivity index (χ1) is 15.3. The van der Waals surface area contributed by atoms with Crippen LogP contribution in [0.3, 0.4) is 0 Å². The van der Waals surface area contributed by atoms with Crippen molar-refractivity contribution in [3.63, 3.8) is 0 Å². The van der Waals surface area contributed by atoms with Crippen LogP contribution in [0.15, 0.2) is 41.6 Å². The zero-order valence-electron chi connectivity index (χ0n) is 18.2. The van der Waals surface area contributed by atoms with E-state index in [9.17, 15) is 29.1 Å². The molecular weight excluding hydrogens is 465 g/mol. The average molecular weight is 485 g/mol. The van der Waals surface area contributed by atoms with E-state index in [4.69, 9.17) is 9.47 Å². The largest absolute Gasteiger partial charge is 1.00 e.